The summed E-state index contributed by atoms with van der Waals surface area (Å²) in [7, 11) is 0. The van der Waals surface area contributed by atoms with Gasteiger partial charge in [0.2, 0.25) is 0 Å². The number of carboxylic acid groups (broad SMARTS) is 1. The first kappa shape index (κ1) is 19.2. The molecule has 1 aromatic heterocycles. The number of nitrogens with one attached hydrogen (secondary N) is 1. The summed E-state index contributed by atoms with van der Waals surface area (Å²) in [6, 6.07) is 11.0. The molecule has 2 N–H and O–H groups in total. The zero-order valence-electron chi connectivity index (χ0n) is 16.4. The summed E-state index contributed by atoms with van der Waals surface area (Å²) >= 11 is 0. The van der Waals surface area contributed by atoms with Crippen LogP contribution in [0.3, 0.4) is 0 Å². The van der Waals surface area contributed by atoms with Gasteiger partial charge in [-0.2, -0.15) is 5.10 Å². The van der Waals surface area contributed by atoms with E-state index < -0.39 is 17.8 Å². The van der Waals surface area contributed by atoms with Crippen LogP contribution in [-0.2, 0) is 6.42 Å². The molecule has 2 aromatic carbocycles. The van der Waals surface area contributed by atoms with Gasteiger partial charge in [-0.1, -0.05) is 24.3 Å². The predicted octanol–water partition coefficient (Wildman–Crippen LogP) is 2.23. The number of carbonyl (C=O) groups excluding carboxylic acids is 1. The topological polar surface area (TPSA) is 107 Å². The van der Waals surface area contributed by atoms with Crippen molar-refractivity contribution in [1.82, 2.24) is 20.0 Å². The number of benzene rings is 2. The molecule has 2 unspecified atom stereocenters. The summed E-state index contributed by atoms with van der Waals surface area (Å²) < 4.78 is 14.6. The zero-order valence-corrected chi connectivity index (χ0v) is 16.4. The third-order valence-electron chi connectivity index (χ3n) is 6.15. The number of fused-ring (bicyclic) bond motifs is 3. The Hall–Kier alpha value is -3.75. The number of hydrogen-bond acceptors (Lipinski definition) is 4. The van der Waals surface area contributed by atoms with Gasteiger partial charge in [0, 0.05) is 24.9 Å². The molecule has 3 aromatic rings. The van der Waals surface area contributed by atoms with E-state index in [1.807, 2.05) is 6.07 Å². The van der Waals surface area contributed by atoms with Gasteiger partial charge < -0.3 is 14.9 Å². The molecule has 5 rings (SSSR count). The lowest BCUT2D eigenvalue weighted by molar-refractivity contribution is 0.0608. The van der Waals surface area contributed by atoms with Crippen LogP contribution in [0.2, 0.25) is 0 Å². The van der Waals surface area contributed by atoms with Crippen molar-refractivity contribution in [2.45, 2.75) is 24.9 Å². The minimum atomic E-state index is -0.992. The fraction of sp³-hybridized carbons (Fsp3) is 0.273. The zero-order chi connectivity index (χ0) is 21.7. The van der Waals surface area contributed by atoms with E-state index in [-0.39, 0.29) is 36.3 Å². The third-order valence-corrected chi connectivity index (χ3v) is 6.15. The van der Waals surface area contributed by atoms with Crippen molar-refractivity contribution < 1.29 is 19.1 Å². The van der Waals surface area contributed by atoms with Gasteiger partial charge in [0.05, 0.1) is 28.7 Å². The van der Waals surface area contributed by atoms with E-state index in [0.29, 0.717) is 34.9 Å². The maximum absolute atomic E-state index is 14.6. The molecule has 2 bridgehead atoms. The molecule has 0 spiro atoms. The number of piperazine rings is 1. The molecule has 3 heterocycles. The number of halogens is 1. The van der Waals surface area contributed by atoms with Crippen molar-refractivity contribution in [2.75, 3.05) is 13.1 Å². The van der Waals surface area contributed by atoms with Gasteiger partial charge in [-0.3, -0.25) is 9.59 Å². The molecule has 2 aliphatic rings. The molecule has 2 fully saturated rings. The number of nitrogens with zero attached hydrogens (tertiary/aromatic N) is 3. The summed E-state index contributed by atoms with van der Waals surface area (Å²) in [5, 5.41) is 17.1. The van der Waals surface area contributed by atoms with Gasteiger partial charge in [0.25, 0.3) is 11.5 Å². The van der Waals surface area contributed by atoms with Gasteiger partial charge in [-0.05, 0) is 30.2 Å². The Labute approximate surface area is 175 Å². The van der Waals surface area contributed by atoms with E-state index >= 15 is 0 Å². The fourth-order valence-corrected chi connectivity index (χ4v) is 4.65. The maximum Gasteiger partial charge on any atom is 0.407 e. The predicted molar refractivity (Wildman–Crippen MR) is 110 cm³/mol. The molecule has 9 heteroatoms. The van der Waals surface area contributed by atoms with E-state index in [1.165, 1.54) is 17.0 Å². The Morgan fingerprint density at radius 2 is 1.81 bits per heavy atom. The van der Waals surface area contributed by atoms with E-state index in [9.17, 15) is 23.9 Å². The number of aromatic nitrogens is 2. The first-order valence-electron chi connectivity index (χ1n) is 9.97. The first-order valence-corrected chi connectivity index (χ1v) is 9.97. The summed E-state index contributed by atoms with van der Waals surface area (Å²) in [6.07, 6.45) is -0.100. The highest BCUT2D eigenvalue weighted by Gasteiger charge is 2.47. The van der Waals surface area contributed by atoms with Crippen LogP contribution < -0.4 is 5.56 Å². The standard InChI is InChI=1S/C22H19FN4O4/c23-18-6-5-12(8-19-15-3-1-2-4-16(15)20(28)25-24-19)7-17(18)21(29)26-10-14-9-13(26)11-27(14)22(30)31/h1-7,13-14H,8-11H2,(H,25,28)(H,30,31). The highest BCUT2D eigenvalue weighted by molar-refractivity contribution is 5.95. The Morgan fingerprint density at radius 1 is 1.10 bits per heavy atom. The summed E-state index contributed by atoms with van der Waals surface area (Å²) in [6.45, 7) is 0.520. The monoisotopic (exact) mass is 422 g/mol. The molecule has 2 amide bonds. The minimum absolute atomic E-state index is 0.0411. The molecule has 0 radical (unpaired) electrons. The van der Waals surface area contributed by atoms with E-state index in [2.05, 4.69) is 10.2 Å². The summed E-state index contributed by atoms with van der Waals surface area (Å²) in [4.78, 5) is 39.2. The molecule has 0 saturated carbocycles. The van der Waals surface area contributed by atoms with Crippen LogP contribution in [0.5, 0.6) is 0 Å². The number of aromatic amines is 1. The second-order valence-electron chi connectivity index (χ2n) is 7.97. The normalized spacial score (nSPS) is 19.9. The minimum Gasteiger partial charge on any atom is -0.465 e. The van der Waals surface area contributed by atoms with Crippen LogP contribution >= 0.6 is 0 Å². The maximum atomic E-state index is 14.6. The van der Waals surface area contributed by atoms with Crippen molar-refractivity contribution in [3.8, 4) is 0 Å². The van der Waals surface area contributed by atoms with Crippen LogP contribution in [0.1, 0.15) is 28.0 Å². The number of likely N-dealkylation sites (tertiary alicyclic amines) is 2. The largest absolute Gasteiger partial charge is 0.465 e. The van der Waals surface area contributed by atoms with Gasteiger partial charge in [0.15, 0.2) is 0 Å². The first-order chi connectivity index (χ1) is 14.9. The van der Waals surface area contributed by atoms with Crippen LogP contribution in [-0.4, -0.2) is 62.3 Å². The lowest BCUT2D eigenvalue weighted by Crippen LogP contribution is -2.50. The van der Waals surface area contributed by atoms with E-state index in [0.717, 1.165) is 0 Å². The lowest BCUT2D eigenvalue weighted by Gasteiger charge is -2.32. The van der Waals surface area contributed by atoms with Crippen molar-refractivity contribution >= 4 is 22.8 Å². The highest BCUT2D eigenvalue weighted by Crippen LogP contribution is 2.32. The average Bonchev–Trinajstić information content (AvgIpc) is 3.38. The molecule has 2 atom stereocenters. The molecule has 2 aliphatic heterocycles. The SMILES string of the molecule is O=C(O)N1CC2CC1CN2C(=O)c1cc(Cc2n[nH]c(=O)c3ccccc23)ccc1F. The number of carbonyl (C=O) groups is 2. The quantitative estimate of drug-likeness (QED) is 0.673. The molecular formula is C22H19FN4O4. The van der Waals surface area contributed by atoms with Gasteiger partial charge in [0.1, 0.15) is 5.82 Å². The molecular weight excluding hydrogens is 403 g/mol. The summed E-state index contributed by atoms with van der Waals surface area (Å²) in [5.74, 6) is -1.05. The average molecular weight is 422 g/mol. The summed E-state index contributed by atoms with van der Waals surface area (Å²) in [5.41, 5.74) is 0.984. The number of rotatable bonds is 3. The second-order valence-corrected chi connectivity index (χ2v) is 7.97. The fourth-order valence-electron chi connectivity index (χ4n) is 4.65. The van der Waals surface area contributed by atoms with Crippen LogP contribution in [0.25, 0.3) is 10.8 Å². The number of hydrogen-bond donors (Lipinski definition) is 2. The van der Waals surface area contributed by atoms with Crippen molar-refractivity contribution in [1.29, 1.82) is 0 Å². The molecule has 8 nitrogen and oxygen atoms in total. The van der Waals surface area contributed by atoms with E-state index in [1.54, 1.807) is 29.2 Å². The van der Waals surface area contributed by atoms with Crippen molar-refractivity contribution in [3.05, 3.63) is 75.5 Å². The van der Waals surface area contributed by atoms with Gasteiger partial charge in [-0.15, -0.1) is 0 Å². The van der Waals surface area contributed by atoms with Gasteiger partial charge >= 0.3 is 6.09 Å². The Bertz CT molecular complexity index is 1270. The molecule has 2 saturated heterocycles. The Morgan fingerprint density at radius 3 is 2.52 bits per heavy atom. The van der Waals surface area contributed by atoms with Gasteiger partial charge in [-0.25, -0.2) is 14.3 Å². The van der Waals surface area contributed by atoms with Crippen LogP contribution in [0.4, 0.5) is 9.18 Å². The Kier molecular flexibility index (Phi) is 4.46. The van der Waals surface area contributed by atoms with Crippen LogP contribution in [0.15, 0.2) is 47.3 Å². The molecule has 31 heavy (non-hydrogen) atoms. The Balaban J connectivity index is 1.42. The second kappa shape index (κ2) is 7.19. The smallest absolute Gasteiger partial charge is 0.407 e. The van der Waals surface area contributed by atoms with E-state index in [4.69, 9.17) is 0 Å². The lowest BCUT2D eigenvalue weighted by atomic mass is 10.0. The van der Waals surface area contributed by atoms with Crippen molar-refractivity contribution in [3.63, 3.8) is 0 Å². The highest BCUT2D eigenvalue weighted by atomic mass is 19.1. The molecule has 158 valence electrons. The number of amides is 2. The molecule has 0 aliphatic carbocycles. The van der Waals surface area contributed by atoms with Crippen molar-refractivity contribution in [2.24, 2.45) is 0 Å². The number of H-pyrrole nitrogens is 1. The third kappa shape index (κ3) is 3.22. The van der Waals surface area contributed by atoms with Crippen LogP contribution in [0, 0.1) is 5.82 Å².